The SMILES string of the molecule is COc1ccc(CN2CCC(c3ccc(CNC(=O)c4cc(C)ccc4C)cc3)CC2)cc1OC. The predicted molar refractivity (Wildman–Crippen MR) is 140 cm³/mol. The number of nitrogens with zero attached hydrogens (tertiary/aromatic N) is 1. The van der Waals surface area contributed by atoms with Crippen molar-refractivity contribution in [1.29, 1.82) is 0 Å². The van der Waals surface area contributed by atoms with Crippen LogP contribution < -0.4 is 14.8 Å². The van der Waals surface area contributed by atoms with Crippen molar-refractivity contribution in [3.8, 4) is 11.5 Å². The van der Waals surface area contributed by atoms with Crippen molar-refractivity contribution in [2.45, 2.75) is 45.7 Å². The molecule has 0 unspecified atom stereocenters. The van der Waals surface area contributed by atoms with Crippen LogP contribution in [0.25, 0.3) is 0 Å². The van der Waals surface area contributed by atoms with E-state index >= 15 is 0 Å². The summed E-state index contributed by atoms with van der Waals surface area (Å²) < 4.78 is 10.8. The predicted octanol–water partition coefficient (Wildman–Crippen LogP) is 5.63. The van der Waals surface area contributed by atoms with Gasteiger partial charge < -0.3 is 14.8 Å². The molecule has 5 heteroatoms. The van der Waals surface area contributed by atoms with Crippen LogP contribution in [-0.4, -0.2) is 38.1 Å². The number of benzene rings is 3. The van der Waals surface area contributed by atoms with Crippen LogP contribution in [0.4, 0.5) is 0 Å². The highest BCUT2D eigenvalue weighted by atomic mass is 16.5. The normalized spacial score (nSPS) is 14.5. The monoisotopic (exact) mass is 472 g/mol. The fraction of sp³-hybridized carbons (Fsp3) is 0.367. The number of amides is 1. The third kappa shape index (κ3) is 6.23. The molecular weight excluding hydrogens is 436 g/mol. The van der Waals surface area contributed by atoms with Crippen molar-refractivity contribution in [3.05, 3.63) is 94.0 Å². The molecule has 1 amide bonds. The zero-order valence-electron chi connectivity index (χ0n) is 21.3. The van der Waals surface area contributed by atoms with Crippen molar-refractivity contribution in [1.82, 2.24) is 10.2 Å². The molecule has 0 spiro atoms. The van der Waals surface area contributed by atoms with Gasteiger partial charge in [0, 0.05) is 18.7 Å². The molecule has 0 bridgehead atoms. The Kier molecular flexibility index (Phi) is 8.09. The summed E-state index contributed by atoms with van der Waals surface area (Å²) in [5.74, 6) is 2.11. The number of carbonyl (C=O) groups excluding carboxylic acids is 1. The van der Waals surface area contributed by atoms with Gasteiger partial charge in [-0.05, 0) is 86.1 Å². The summed E-state index contributed by atoms with van der Waals surface area (Å²) in [6.45, 7) is 7.60. The molecule has 5 nitrogen and oxygen atoms in total. The van der Waals surface area contributed by atoms with E-state index in [1.54, 1.807) is 14.2 Å². The minimum Gasteiger partial charge on any atom is -0.493 e. The first-order valence-electron chi connectivity index (χ1n) is 12.3. The summed E-state index contributed by atoms with van der Waals surface area (Å²) >= 11 is 0. The van der Waals surface area contributed by atoms with Gasteiger partial charge in [-0.1, -0.05) is 48.0 Å². The van der Waals surface area contributed by atoms with Gasteiger partial charge in [-0.25, -0.2) is 0 Å². The van der Waals surface area contributed by atoms with E-state index in [4.69, 9.17) is 9.47 Å². The molecule has 1 aliphatic rings. The number of nitrogens with one attached hydrogen (secondary N) is 1. The van der Waals surface area contributed by atoms with Crippen LogP contribution >= 0.6 is 0 Å². The highest BCUT2D eigenvalue weighted by molar-refractivity contribution is 5.95. The molecule has 3 aromatic rings. The van der Waals surface area contributed by atoms with E-state index in [0.717, 1.165) is 66.2 Å². The summed E-state index contributed by atoms with van der Waals surface area (Å²) in [6, 6.07) is 20.9. The first kappa shape index (κ1) is 24.8. The van der Waals surface area contributed by atoms with Gasteiger partial charge in [0.25, 0.3) is 5.91 Å². The first-order chi connectivity index (χ1) is 17.0. The third-order valence-electron chi connectivity index (χ3n) is 6.98. The third-order valence-corrected chi connectivity index (χ3v) is 6.98. The number of methoxy groups -OCH3 is 2. The Balaban J connectivity index is 1.27. The maximum atomic E-state index is 12.6. The fourth-order valence-corrected chi connectivity index (χ4v) is 4.83. The molecule has 0 aliphatic carbocycles. The van der Waals surface area contributed by atoms with E-state index in [1.807, 2.05) is 38.1 Å². The standard InChI is InChI=1S/C30H36N2O3/c1-21-5-6-22(2)27(17-21)30(33)31-19-23-7-10-25(11-8-23)26-13-15-32(16-14-26)20-24-9-12-28(34-3)29(18-24)35-4/h5-12,17-18,26H,13-16,19-20H2,1-4H3,(H,31,33). The number of rotatable bonds is 8. The molecule has 1 aliphatic heterocycles. The van der Waals surface area contributed by atoms with E-state index in [9.17, 15) is 4.79 Å². The molecular formula is C30H36N2O3. The summed E-state index contributed by atoms with van der Waals surface area (Å²) in [6.07, 6.45) is 2.30. The molecule has 3 aromatic carbocycles. The zero-order chi connectivity index (χ0) is 24.8. The maximum absolute atomic E-state index is 12.6. The summed E-state index contributed by atoms with van der Waals surface area (Å²) in [5, 5.41) is 3.06. The molecule has 0 radical (unpaired) electrons. The molecule has 0 saturated carbocycles. The zero-order valence-corrected chi connectivity index (χ0v) is 21.3. The van der Waals surface area contributed by atoms with Gasteiger partial charge in [-0.15, -0.1) is 0 Å². The minimum atomic E-state index is -0.0165. The number of hydrogen-bond acceptors (Lipinski definition) is 4. The highest BCUT2D eigenvalue weighted by Crippen LogP contribution is 2.31. The fourth-order valence-electron chi connectivity index (χ4n) is 4.83. The summed E-state index contributed by atoms with van der Waals surface area (Å²) in [4.78, 5) is 15.1. The number of piperidine rings is 1. The quantitative estimate of drug-likeness (QED) is 0.462. The van der Waals surface area contributed by atoms with Crippen LogP contribution in [0.5, 0.6) is 11.5 Å². The van der Waals surface area contributed by atoms with Gasteiger partial charge in [-0.2, -0.15) is 0 Å². The molecule has 4 rings (SSSR count). The van der Waals surface area contributed by atoms with E-state index < -0.39 is 0 Å². The second-order valence-electron chi connectivity index (χ2n) is 9.48. The molecule has 0 atom stereocenters. The Bertz CT molecular complexity index is 1150. The van der Waals surface area contributed by atoms with Gasteiger partial charge in [0.2, 0.25) is 0 Å². The lowest BCUT2D eigenvalue weighted by Crippen LogP contribution is -2.32. The van der Waals surface area contributed by atoms with Crippen molar-refractivity contribution >= 4 is 5.91 Å². The Morgan fingerprint density at radius 1 is 0.886 bits per heavy atom. The Labute approximate surface area is 209 Å². The van der Waals surface area contributed by atoms with Gasteiger partial charge in [0.05, 0.1) is 14.2 Å². The summed E-state index contributed by atoms with van der Waals surface area (Å²) in [7, 11) is 3.34. The minimum absolute atomic E-state index is 0.0165. The Morgan fingerprint density at radius 3 is 2.26 bits per heavy atom. The van der Waals surface area contributed by atoms with Crippen LogP contribution in [0.2, 0.25) is 0 Å². The van der Waals surface area contributed by atoms with Crippen molar-refractivity contribution < 1.29 is 14.3 Å². The molecule has 0 aromatic heterocycles. The second kappa shape index (κ2) is 11.4. The van der Waals surface area contributed by atoms with Crippen LogP contribution in [0.1, 0.15) is 56.9 Å². The number of ether oxygens (including phenoxy) is 2. The van der Waals surface area contributed by atoms with E-state index in [2.05, 4.69) is 46.6 Å². The lowest BCUT2D eigenvalue weighted by atomic mass is 9.89. The van der Waals surface area contributed by atoms with Crippen LogP contribution in [0, 0.1) is 13.8 Å². The van der Waals surface area contributed by atoms with Gasteiger partial charge in [0.15, 0.2) is 11.5 Å². The number of likely N-dealkylation sites (tertiary alicyclic amines) is 1. The number of carbonyl (C=O) groups is 1. The molecule has 1 heterocycles. The molecule has 1 N–H and O–H groups in total. The number of hydrogen-bond donors (Lipinski definition) is 1. The van der Waals surface area contributed by atoms with Gasteiger partial charge in [0.1, 0.15) is 0 Å². The molecule has 1 saturated heterocycles. The summed E-state index contributed by atoms with van der Waals surface area (Å²) in [5.41, 5.74) is 6.61. The van der Waals surface area contributed by atoms with Crippen molar-refractivity contribution in [2.24, 2.45) is 0 Å². The lowest BCUT2D eigenvalue weighted by Gasteiger charge is -2.32. The average molecular weight is 473 g/mol. The van der Waals surface area contributed by atoms with E-state index in [0.29, 0.717) is 12.5 Å². The maximum Gasteiger partial charge on any atom is 0.251 e. The first-order valence-corrected chi connectivity index (χ1v) is 12.3. The Hall–Kier alpha value is -3.31. The van der Waals surface area contributed by atoms with E-state index in [1.165, 1.54) is 11.1 Å². The van der Waals surface area contributed by atoms with Crippen molar-refractivity contribution in [2.75, 3.05) is 27.3 Å². The van der Waals surface area contributed by atoms with Gasteiger partial charge in [-0.3, -0.25) is 9.69 Å². The molecule has 1 fully saturated rings. The molecule has 35 heavy (non-hydrogen) atoms. The van der Waals surface area contributed by atoms with Crippen molar-refractivity contribution in [3.63, 3.8) is 0 Å². The van der Waals surface area contributed by atoms with Crippen LogP contribution in [0.3, 0.4) is 0 Å². The highest BCUT2D eigenvalue weighted by Gasteiger charge is 2.21. The average Bonchev–Trinajstić information content (AvgIpc) is 2.89. The Morgan fingerprint density at radius 2 is 1.57 bits per heavy atom. The van der Waals surface area contributed by atoms with Gasteiger partial charge >= 0.3 is 0 Å². The lowest BCUT2D eigenvalue weighted by molar-refractivity contribution is 0.0950. The smallest absolute Gasteiger partial charge is 0.251 e. The molecule has 184 valence electrons. The topological polar surface area (TPSA) is 50.8 Å². The van der Waals surface area contributed by atoms with E-state index in [-0.39, 0.29) is 5.91 Å². The van der Waals surface area contributed by atoms with Crippen LogP contribution in [-0.2, 0) is 13.1 Å². The van der Waals surface area contributed by atoms with Crippen LogP contribution in [0.15, 0.2) is 60.7 Å². The largest absolute Gasteiger partial charge is 0.493 e. The second-order valence-corrected chi connectivity index (χ2v) is 9.48. The number of aryl methyl sites for hydroxylation is 2.